The molecule has 0 radical (unpaired) electrons. The van der Waals surface area contributed by atoms with Crippen molar-refractivity contribution in [3.05, 3.63) is 68.0 Å². The van der Waals surface area contributed by atoms with Crippen LogP contribution in [0.4, 0.5) is 10.3 Å². The smallest absolute Gasteiger partial charge is 0.274 e. The Morgan fingerprint density at radius 1 is 1.33 bits per heavy atom. The van der Waals surface area contributed by atoms with E-state index in [2.05, 4.69) is 10.3 Å². The number of anilines is 1. The van der Waals surface area contributed by atoms with Gasteiger partial charge in [0.25, 0.3) is 5.56 Å². The molecule has 0 saturated carbocycles. The van der Waals surface area contributed by atoms with Crippen molar-refractivity contribution in [1.82, 2.24) is 9.55 Å². The van der Waals surface area contributed by atoms with Gasteiger partial charge in [-0.3, -0.25) is 4.79 Å². The fraction of sp³-hybridized carbons (Fsp3) is 0.333. The molecule has 1 unspecified atom stereocenters. The minimum atomic E-state index is -0.435. The van der Waals surface area contributed by atoms with Crippen molar-refractivity contribution in [2.75, 3.05) is 5.32 Å². The second-order valence-electron chi connectivity index (χ2n) is 6.26. The van der Waals surface area contributed by atoms with E-state index in [4.69, 9.17) is 11.6 Å². The van der Waals surface area contributed by atoms with Crippen LogP contribution in [0.3, 0.4) is 0 Å². The topological polar surface area (TPSA) is 46.9 Å². The first kappa shape index (κ1) is 16.7. The zero-order valence-corrected chi connectivity index (χ0v) is 14.6. The highest BCUT2D eigenvalue weighted by atomic mass is 35.5. The third-order valence-corrected chi connectivity index (χ3v) is 4.70. The molecule has 6 heteroatoms. The predicted octanol–water partition coefficient (Wildman–Crippen LogP) is 4.30. The average Bonchev–Trinajstić information content (AvgIpc) is 2.93. The number of fused-ring (bicyclic) bond motifs is 1. The number of rotatable bonds is 3. The summed E-state index contributed by atoms with van der Waals surface area (Å²) in [6.07, 6.45) is 1.58. The van der Waals surface area contributed by atoms with Gasteiger partial charge in [-0.25, -0.2) is 4.39 Å². The fourth-order valence-electron chi connectivity index (χ4n) is 2.91. The van der Waals surface area contributed by atoms with Crippen molar-refractivity contribution in [3.8, 4) is 0 Å². The number of aromatic nitrogens is 2. The Bertz CT molecular complexity index is 884. The van der Waals surface area contributed by atoms with Gasteiger partial charge >= 0.3 is 0 Å². The molecule has 1 aliphatic heterocycles. The molecule has 1 aliphatic rings. The molecule has 4 nitrogen and oxygen atoms in total. The van der Waals surface area contributed by atoms with Crippen molar-refractivity contribution in [2.24, 2.45) is 0 Å². The maximum atomic E-state index is 13.5. The number of halogens is 2. The highest BCUT2D eigenvalue weighted by molar-refractivity contribution is 6.30. The predicted molar refractivity (Wildman–Crippen MR) is 94.0 cm³/mol. The Morgan fingerprint density at radius 2 is 2.08 bits per heavy atom. The number of nitrogens with zero attached hydrogens (tertiary/aromatic N) is 2. The van der Waals surface area contributed by atoms with Gasteiger partial charge in [0.1, 0.15) is 5.82 Å². The highest BCUT2D eigenvalue weighted by Gasteiger charge is 2.27. The van der Waals surface area contributed by atoms with Crippen LogP contribution in [0.5, 0.6) is 0 Å². The summed E-state index contributed by atoms with van der Waals surface area (Å²) in [6.45, 7) is 5.93. The lowest BCUT2D eigenvalue weighted by atomic mass is 10.0. The Kier molecular flexibility index (Phi) is 4.45. The van der Waals surface area contributed by atoms with E-state index in [-0.39, 0.29) is 16.6 Å². The first-order valence-corrected chi connectivity index (χ1v) is 8.23. The zero-order chi connectivity index (χ0) is 17.4. The summed E-state index contributed by atoms with van der Waals surface area (Å²) in [4.78, 5) is 16.0. The van der Waals surface area contributed by atoms with Crippen LogP contribution in [0.2, 0.25) is 5.02 Å². The van der Waals surface area contributed by atoms with E-state index in [1.165, 1.54) is 6.07 Å². The van der Waals surface area contributed by atoms with E-state index in [9.17, 15) is 9.18 Å². The normalized spacial score (nSPS) is 16.0. The van der Waals surface area contributed by atoms with Crippen LogP contribution in [-0.4, -0.2) is 9.55 Å². The van der Waals surface area contributed by atoms with Crippen molar-refractivity contribution in [1.29, 1.82) is 0 Å². The number of benzene rings is 1. The molecule has 1 aromatic carbocycles. The van der Waals surface area contributed by atoms with Gasteiger partial charge in [0.05, 0.1) is 11.1 Å². The molecule has 2 aromatic rings. The summed E-state index contributed by atoms with van der Waals surface area (Å²) in [6, 6.07) is 6.29. The largest absolute Gasteiger partial charge is 0.330 e. The second-order valence-corrected chi connectivity index (χ2v) is 6.66. The van der Waals surface area contributed by atoms with Gasteiger partial charge in [-0.1, -0.05) is 23.2 Å². The van der Waals surface area contributed by atoms with Crippen molar-refractivity contribution >= 4 is 17.5 Å². The van der Waals surface area contributed by atoms with Crippen LogP contribution >= 0.6 is 11.6 Å². The number of aryl methyl sites for hydroxylation is 1. The van der Waals surface area contributed by atoms with Gasteiger partial charge < -0.3 is 9.88 Å². The van der Waals surface area contributed by atoms with Crippen LogP contribution in [0.15, 0.2) is 40.3 Å². The van der Waals surface area contributed by atoms with E-state index in [1.807, 2.05) is 25.3 Å². The molecule has 0 saturated heterocycles. The van der Waals surface area contributed by atoms with E-state index >= 15 is 0 Å². The summed E-state index contributed by atoms with van der Waals surface area (Å²) in [5.41, 5.74) is 3.63. The third-order valence-electron chi connectivity index (χ3n) is 4.41. The van der Waals surface area contributed by atoms with Crippen LogP contribution in [0, 0.1) is 5.82 Å². The summed E-state index contributed by atoms with van der Waals surface area (Å²) in [5.74, 6) is 0.0783. The molecule has 0 bridgehead atoms. The summed E-state index contributed by atoms with van der Waals surface area (Å²) < 4.78 is 15.5. The zero-order valence-electron chi connectivity index (χ0n) is 13.9. The molecule has 0 fully saturated rings. The van der Waals surface area contributed by atoms with Crippen molar-refractivity contribution < 1.29 is 4.39 Å². The summed E-state index contributed by atoms with van der Waals surface area (Å²) in [7, 11) is 0. The Morgan fingerprint density at radius 3 is 2.75 bits per heavy atom. The molecular formula is C18H19ClFN3O. The third kappa shape index (κ3) is 3.08. The molecule has 0 spiro atoms. The highest BCUT2D eigenvalue weighted by Crippen LogP contribution is 2.35. The maximum absolute atomic E-state index is 13.5. The number of hydrogen-bond acceptors (Lipinski definition) is 3. The minimum absolute atomic E-state index is 0.0290. The van der Waals surface area contributed by atoms with Crippen LogP contribution in [-0.2, 0) is 6.42 Å². The van der Waals surface area contributed by atoms with Gasteiger partial charge in [0.2, 0.25) is 5.95 Å². The molecule has 0 aliphatic carbocycles. The minimum Gasteiger partial charge on any atom is -0.330 e. The Hall–Kier alpha value is -2.14. The molecule has 2 heterocycles. The van der Waals surface area contributed by atoms with Gasteiger partial charge in [0, 0.05) is 17.5 Å². The molecule has 3 rings (SSSR count). The lowest BCUT2D eigenvalue weighted by Crippen LogP contribution is -2.20. The molecule has 1 aromatic heterocycles. The summed E-state index contributed by atoms with van der Waals surface area (Å²) in [5, 5.41) is 3.33. The molecule has 0 amide bonds. The van der Waals surface area contributed by atoms with Crippen LogP contribution in [0.25, 0.3) is 0 Å². The lowest BCUT2D eigenvalue weighted by Gasteiger charge is -2.21. The first-order chi connectivity index (χ1) is 11.4. The second kappa shape index (κ2) is 6.40. The number of nitrogens with one attached hydrogen (secondary N) is 1. The molecule has 126 valence electrons. The van der Waals surface area contributed by atoms with Crippen LogP contribution in [0.1, 0.15) is 44.5 Å². The number of hydrogen-bond donors (Lipinski definition) is 1. The van der Waals surface area contributed by atoms with E-state index in [1.54, 1.807) is 18.2 Å². The quantitative estimate of drug-likeness (QED) is 0.900. The van der Waals surface area contributed by atoms with Gasteiger partial charge in [-0.2, -0.15) is 4.98 Å². The van der Waals surface area contributed by atoms with E-state index in [0.717, 1.165) is 35.4 Å². The fourth-order valence-corrected chi connectivity index (χ4v) is 3.10. The molecular weight excluding hydrogens is 329 g/mol. The van der Waals surface area contributed by atoms with Gasteiger partial charge in [-0.05, 0) is 51.3 Å². The van der Waals surface area contributed by atoms with E-state index in [0.29, 0.717) is 5.95 Å². The van der Waals surface area contributed by atoms with Crippen LogP contribution < -0.4 is 10.9 Å². The standard InChI is InChI=1S/C18H19ClFN3O/c1-10(2)11(3)21-18-22-17(24)9-13-5-7-16(23(13)18)12-4-6-15(20)14(19)8-12/h4,6,8-9,16H,5,7H2,1-3H3,(H,21,22,24). The molecule has 1 atom stereocenters. The maximum Gasteiger partial charge on any atom is 0.274 e. The Balaban J connectivity index is 2.10. The SMILES string of the molecule is CC(C)=C(C)Nc1nc(=O)cc2n1C(c1ccc(F)c(Cl)c1)CC2. The summed E-state index contributed by atoms with van der Waals surface area (Å²) >= 11 is 5.94. The van der Waals surface area contributed by atoms with Gasteiger partial charge in [0.15, 0.2) is 0 Å². The molecule has 24 heavy (non-hydrogen) atoms. The Labute approximate surface area is 145 Å². The van der Waals surface area contributed by atoms with E-state index < -0.39 is 5.82 Å². The average molecular weight is 348 g/mol. The lowest BCUT2D eigenvalue weighted by molar-refractivity contribution is 0.603. The van der Waals surface area contributed by atoms with Gasteiger partial charge in [-0.15, -0.1) is 0 Å². The van der Waals surface area contributed by atoms with Crippen molar-refractivity contribution in [3.63, 3.8) is 0 Å². The number of allylic oxidation sites excluding steroid dienone is 2. The first-order valence-electron chi connectivity index (χ1n) is 7.85. The monoisotopic (exact) mass is 347 g/mol. The van der Waals surface area contributed by atoms with Crippen molar-refractivity contribution in [2.45, 2.75) is 39.7 Å². The molecule has 1 N–H and O–H groups in total.